The number of hydrogen-bond donors (Lipinski definition) is 2. The van der Waals surface area contributed by atoms with Crippen molar-refractivity contribution in [1.29, 1.82) is 0 Å². The molecule has 13 heavy (non-hydrogen) atoms. The third-order valence-corrected chi connectivity index (χ3v) is 2.13. The summed E-state index contributed by atoms with van der Waals surface area (Å²) >= 11 is 0. The molecule has 2 nitrogen and oxygen atoms in total. The number of nitrogens with one attached hydrogen (secondary N) is 1. The van der Waals surface area contributed by atoms with Crippen molar-refractivity contribution in [2.24, 2.45) is 0 Å². The van der Waals surface area contributed by atoms with Crippen LogP contribution >= 0.6 is 0 Å². The number of rotatable bonds is 4. The standard InChI is InChI=1S/C11H17NO/c1-9(13)8-11(12-2)10-6-4-3-5-7-10/h3-7,9,11-13H,8H2,1-2H3. The Morgan fingerprint density at radius 2 is 1.92 bits per heavy atom. The van der Waals surface area contributed by atoms with Gasteiger partial charge in [-0.1, -0.05) is 30.3 Å². The molecule has 72 valence electrons. The molecule has 2 N–H and O–H groups in total. The summed E-state index contributed by atoms with van der Waals surface area (Å²) in [6.45, 7) is 1.81. The van der Waals surface area contributed by atoms with E-state index < -0.39 is 0 Å². The van der Waals surface area contributed by atoms with E-state index in [1.54, 1.807) is 0 Å². The second-order valence-corrected chi connectivity index (χ2v) is 3.34. The zero-order chi connectivity index (χ0) is 9.68. The number of aliphatic hydroxyl groups excluding tert-OH is 1. The quantitative estimate of drug-likeness (QED) is 0.737. The number of aliphatic hydroxyl groups is 1. The lowest BCUT2D eigenvalue weighted by atomic mass is 10.0. The van der Waals surface area contributed by atoms with E-state index in [4.69, 9.17) is 0 Å². The summed E-state index contributed by atoms with van der Waals surface area (Å²) < 4.78 is 0. The second-order valence-electron chi connectivity index (χ2n) is 3.34. The van der Waals surface area contributed by atoms with E-state index in [0.717, 1.165) is 6.42 Å². The van der Waals surface area contributed by atoms with Crippen molar-refractivity contribution in [2.45, 2.75) is 25.5 Å². The normalized spacial score (nSPS) is 15.3. The molecule has 0 bridgehead atoms. The van der Waals surface area contributed by atoms with E-state index in [2.05, 4.69) is 17.4 Å². The van der Waals surface area contributed by atoms with Gasteiger partial charge in [0.1, 0.15) is 0 Å². The highest BCUT2D eigenvalue weighted by Gasteiger charge is 2.10. The lowest BCUT2D eigenvalue weighted by molar-refractivity contribution is 0.169. The van der Waals surface area contributed by atoms with E-state index in [1.165, 1.54) is 5.56 Å². The Hall–Kier alpha value is -0.860. The van der Waals surface area contributed by atoms with Gasteiger partial charge < -0.3 is 10.4 Å². The molecule has 2 unspecified atom stereocenters. The molecule has 1 aromatic rings. The van der Waals surface area contributed by atoms with E-state index >= 15 is 0 Å². The van der Waals surface area contributed by atoms with Crippen molar-refractivity contribution in [3.63, 3.8) is 0 Å². The Morgan fingerprint density at radius 1 is 1.31 bits per heavy atom. The third kappa shape index (κ3) is 3.17. The molecule has 1 aromatic carbocycles. The van der Waals surface area contributed by atoms with Gasteiger partial charge in [0.15, 0.2) is 0 Å². The van der Waals surface area contributed by atoms with Gasteiger partial charge in [-0.2, -0.15) is 0 Å². The predicted molar refractivity (Wildman–Crippen MR) is 54.5 cm³/mol. The van der Waals surface area contributed by atoms with Crippen molar-refractivity contribution in [3.05, 3.63) is 35.9 Å². The van der Waals surface area contributed by atoms with Crippen LogP contribution in [0.4, 0.5) is 0 Å². The average Bonchev–Trinajstić information content (AvgIpc) is 2.15. The van der Waals surface area contributed by atoms with E-state index in [-0.39, 0.29) is 12.1 Å². The molecule has 0 saturated heterocycles. The van der Waals surface area contributed by atoms with E-state index in [9.17, 15) is 5.11 Å². The lowest BCUT2D eigenvalue weighted by Crippen LogP contribution is -2.20. The summed E-state index contributed by atoms with van der Waals surface area (Å²) in [5.41, 5.74) is 1.23. The topological polar surface area (TPSA) is 32.3 Å². The minimum absolute atomic E-state index is 0.251. The summed E-state index contributed by atoms with van der Waals surface area (Å²) in [6, 6.07) is 10.4. The van der Waals surface area contributed by atoms with Gasteiger partial charge >= 0.3 is 0 Å². The highest BCUT2D eigenvalue weighted by atomic mass is 16.3. The van der Waals surface area contributed by atoms with Crippen molar-refractivity contribution in [2.75, 3.05) is 7.05 Å². The smallest absolute Gasteiger partial charge is 0.0530 e. The SMILES string of the molecule is CNC(CC(C)O)c1ccccc1. The highest BCUT2D eigenvalue weighted by molar-refractivity contribution is 5.18. The summed E-state index contributed by atoms with van der Waals surface area (Å²) in [5.74, 6) is 0. The van der Waals surface area contributed by atoms with Gasteiger partial charge in [-0.05, 0) is 26.0 Å². The fourth-order valence-corrected chi connectivity index (χ4v) is 1.45. The van der Waals surface area contributed by atoms with Crippen LogP contribution in [0.25, 0.3) is 0 Å². The van der Waals surface area contributed by atoms with E-state index in [0.29, 0.717) is 0 Å². The molecule has 0 aliphatic rings. The minimum atomic E-state index is -0.266. The van der Waals surface area contributed by atoms with Gasteiger partial charge in [0.2, 0.25) is 0 Å². The predicted octanol–water partition coefficient (Wildman–Crippen LogP) is 1.72. The lowest BCUT2D eigenvalue weighted by Gasteiger charge is -2.17. The molecule has 1 rings (SSSR count). The summed E-state index contributed by atoms with van der Waals surface area (Å²) in [6.07, 6.45) is 0.484. The molecule has 2 atom stereocenters. The minimum Gasteiger partial charge on any atom is -0.393 e. The Morgan fingerprint density at radius 3 is 2.38 bits per heavy atom. The molecule has 2 heteroatoms. The average molecular weight is 179 g/mol. The van der Waals surface area contributed by atoms with Gasteiger partial charge in [-0.3, -0.25) is 0 Å². The monoisotopic (exact) mass is 179 g/mol. The highest BCUT2D eigenvalue weighted by Crippen LogP contribution is 2.17. The van der Waals surface area contributed by atoms with Crippen LogP contribution in [0.15, 0.2) is 30.3 Å². The van der Waals surface area contributed by atoms with Crippen molar-refractivity contribution in [3.8, 4) is 0 Å². The van der Waals surface area contributed by atoms with Gasteiger partial charge in [0, 0.05) is 6.04 Å². The number of benzene rings is 1. The maximum atomic E-state index is 9.28. The number of hydrogen-bond acceptors (Lipinski definition) is 2. The molecule has 0 fully saturated rings. The van der Waals surface area contributed by atoms with E-state index in [1.807, 2.05) is 32.2 Å². The first-order chi connectivity index (χ1) is 6.24. The van der Waals surface area contributed by atoms with Crippen LogP contribution in [0.1, 0.15) is 24.9 Å². The molecule has 0 aromatic heterocycles. The zero-order valence-corrected chi connectivity index (χ0v) is 8.20. The van der Waals surface area contributed by atoms with Crippen LogP contribution in [0.5, 0.6) is 0 Å². The van der Waals surface area contributed by atoms with Crippen molar-refractivity contribution in [1.82, 2.24) is 5.32 Å². The van der Waals surface area contributed by atoms with Gasteiger partial charge in [0.25, 0.3) is 0 Å². The van der Waals surface area contributed by atoms with Crippen LogP contribution < -0.4 is 5.32 Å². The summed E-state index contributed by atoms with van der Waals surface area (Å²) in [4.78, 5) is 0. The van der Waals surface area contributed by atoms with Crippen LogP contribution in [-0.4, -0.2) is 18.3 Å². The fraction of sp³-hybridized carbons (Fsp3) is 0.455. The second kappa shape index (κ2) is 5.00. The van der Waals surface area contributed by atoms with Gasteiger partial charge in [-0.25, -0.2) is 0 Å². The molecular weight excluding hydrogens is 162 g/mol. The first-order valence-electron chi connectivity index (χ1n) is 4.64. The third-order valence-electron chi connectivity index (χ3n) is 2.13. The van der Waals surface area contributed by atoms with Crippen LogP contribution in [0.2, 0.25) is 0 Å². The zero-order valence-electron chi connectivity index (χ0n) is 8.20. The molecule has 0 amide bonds. The molecular formula is C11H17NO. The Labute approximate surface area is 79.6 Å². The molecule has 0 saturated carbocycles. The molecule has 0 radical (unpaired) electrons. The van der Waals surface area contributed by atoms with Crippen LogP contribution in [-0.2, 0) is 0 Å². The Balaban J connectivity index is 2.67. The van der Waals surface area contributed by atoms with Gasteiger partial charge in [0.05, 0.1) is 6.10 Å². The largest absolute Gasteiger partial charge is 0.393 e. The first-order valence-corrected chi connectivity index (χ1v) is 4.64. The first kappa shape index (κ1) is 10.2. The van der Waals surface area contributed by atoms with Crippen LogP contribution in [0, 0.1) is 0 Å². The summed E-state index contributed by atoms with van der Waals surface area (Å²) in [7, 11) is 1.92. The molecule has 0 aliphatic heterocycles. The fourth-order valence-electron chi connectivity index (χ4n) is 1.45. The Kier molecular flexibility index (Phi) is 3.93. The summed E-state index contributed by atoms with van der Waals surface area (Å²) in [5, 5.41) is 12.5. The van der Waals surface area contributed by atoms with Crippen molar-refractivity contribution >= 4 is 0 Å². The van der Waals surface area contributed by atoms with Crippen LogP contribution in [0.3, 0.4) is 0 Å². The van der Waals surface area contributed by atoms with Crippen molar-refractivity contribution < 1.29 is 5.11 Å². The maximum absolute atomic E-state index is 9.28. The maximum Gasteiger partial charge on any atom is 0.0530 e. The molecule has 0 spiro atoms. The molecule has 0 heterocycles. The molecule has 0 aliphatic carbocycles. The Bertz CT molecular complexity index is 233. The van der Waals surface area contributed by atoms with Gasteiger partial charge in [-0.15, -0.1) is 0 Å².